The van der Waals surface area contributed by atoms with Crippen molar-refractivity contribution >= 4 is 44.3 Å². The van der Waals surface area contributed by atoms with Crippen LogP contribution in [0, 0.1) is 6.92 Å². The molecule has 1 saturated heterocycles. The quantitative estimate of drug-likeness (QED) is 0.577. The fraction of sp³-hybridized carbons (Fsp3) is 0.391. The van der Waals surface area contributed by atoms with E-state index in [1.54, 1.807) is 34.6 Å². The second-order valence-electron chi connectivity index (χ2n) is 8.16. The zero-order valence-corrected chi connectivity index (χ0v) is 19.8. The Labute approximate surface area is 193 Å². The molecule has 3 aromatic rings. The highest BCUT2D eigenvalue weighted by molar-refractivity contribution is 7.89. The maximum absolute atomic E-state index is 13.0. The monoisotopic (exact) mass is 474 g/mol. The van der Waals surface area contributed by atoms with Crippen LogP contribution in [0.3, 0.4) is 0 Å². The van der Waals surface area contributed by atoms with E-state index in [2.05, 4.69) is 10.3 Å². The van der Waals surface area contributed by atoms with E-state index in [9.17, 15) is 13.2 Å². The molecule has 4 rings (SSSR count). The minimum atomic E-state index is -3.52. The van der Waals surface area contributed by atoms with Gasteiger partial charge in [0, 0.05) is 43.7 Å². The maximum Gasteiger partial charge on any atom is 0.243 e. The van der Waals surface area contributed by atoms with Gasteiger partial charge in [-0.25, -0.2) is 13.4 Å². The van der Waals surface area contributed by atoms with Gasteiger partial charge in [-0.2, -0.15) is 4.31 Å². The normalized spacial score (nSPS) is 15.2. The molecule has 1 aliphatic rings. The Hall–Kier alpha value is -2.42. The minimum Gasteiger partial charge on any atom is -0.331 e. The molecular formula is C23H27ClN4O3S. The number of sulfonamides is 1. The fourth-order valence-electron chi connectivity index (χ4n) is 4.05. The molecule has 0 aliphatic carbocycles. The molecule has 1 aromatic heterocycles. The minimum absolute atomic E-state index is 0.129. The smallest absolute Gasteiger partial charge is 0.243 e. The molecule has 1 amide bonds. The molecule has 0 radical (unpaired) electrons. The summed E-state index contributed by atoms with van der Waals surface area (Å²) < 4.78 is 29.4. The van der Waals surface area contributed by atoms with Gasteiger partial charge in [0.25, 0.3) is 0 Å². The highest BCUT2D eigenvalue weighted by Crippen LogP contribution is 2.26. The van der Waals surface area contributed by atoms with E-state index in [1.807, 2.05) is 24.6 Å². The molecule has 1 N–H and O–H groups in total. The number of aryl methyl sites for hydroxylation is 2. The van der Waals surface area contributed by atoms with Crippen molar-refractivity contribution < 1.29 is 13.2 Å². The third-order valence-corrected chi connectivity index (χ3v) is 8.32. The fourth-order valence-corrected chi connectivity index (χ4v) is 5.76. The summed E-state index contributed by atoms with van der Waals surface area (Å²) in [6.07, 6.45) is 3.55. The third-order valence-electron chi connectivity index (χ3n) is 6.02. The molecular weight excluding hydrogens is 448 g/mol. The second kappa shape index (κ2) is 9.21. The standard InChI is InChI=1S/C23H27ClN4O3S/c1-16-18(24)7-6-8-19(16)26-23(29)12-11-22-25-20-15-17(9-10-21(20)27(22)2)32(30,31)28-13-4-3-5-14-28/h6-10,15H,3-5,11-14H2,1-2H3,(H,26,29). The molecule has 0 bridgehead atoms. The summed E-state index contributed by atoms with van der Waals surface area (Å²) in [6, 6.07) is 10.5. The summed E-state index contributed by atoms with van der Waals surface area (Å²) in [6.45, 7) is 2.99. The molecule has 0 spiro atoms. The summed E-state index contributed by atoms with van der Waals surface area (Å²) in [5.74, 6) is 0.598. The number of fused-ring (bicyclic) bond motifs is 1. The lowest BCUT2D eigenvalue weighted by molar-refractivity contribution is -0.116. The number of hydrogen-bond donors (Lipinski definition) is 1. The molecule has 2 aromatic carbocycles. The Balaban J connectivity index is 1.49. The topological polar surface area (TPSA) is 84.3 Å². The van der Waals surface area contributed by atoms with E-state index >= 15 is 0 Å². The van der Waals surface area contributed by atoms with Gasteiger partial charge in [0.15, 0.2) is 0 Å². The number of hydrogen-bond acceptors (Lipinski definition) is 4. The number of rotatable bonds is 6. The zero-order chi connectivity index (χ0) is 22.9. The summed E-state index contributed by atoms with van der Waals surface area (Å²) in [7, 11) is -1.64. The first-order chi connectivity index (χ1) is 15.3. The molecule has 7 nitrogen and oxygen atoms in total. The van der Waals surface area contributed by atoms with Gasteiger partial charge in [-0.05, 0) is 55.7 Å². The molecule has 0 saturated carbocycles. The zero-order valence-electron chi connectivity index (χ0n) is 18.3. The van der Waals surface area contributed by atoms with Gasteiger partial charge < -0.3 is 9.88 Å². The number of aromatic nitrogens is 2. The lowest BCUT2D eigenvalue weighted by Gasteiger charge is -2.25. The van der Waals surface area contributed by atoms with E-state index < -0.39 is 10.0 Å². The average molecular weight is 475 g/mol. The largest absolute Gasteiger partial charge is 0.331 e. The Morgan fingerprint density at radius 3 is 2.66 bits per heavy atom. The van der Waals surface area contributed by atoms with Gasteiger partial charge in [-0.3, -0.25) is 4.79 Å². The molecule has 1 fully saturated rings. The van der Waals surface area contributed by atoms with Crippen LogP contribution in [-0.4, -0.2) is 41.3 Å². The summed E-state index contributed by atoms with van der Waals surface area (Å²) >= 11 is 6.12. The molecule has 0 atom stereocenters. The second-order valence-corrected chi connectivity index (χ2v) is 10.5. The van der Waals surface area contributed by atoms with Crippen LogP contribution in [0.15, 0.2) is 41.3 Å². The molecule has 9 heteroatoms. The van der Waals surface area contributed by atoms with E-state index in [0.717, 1.165) is 36.2 Å². The van der Waals surface area contributed by atoms with Crippen molar-refractivity contribution in [1.29, 1.82) is 0 Å². The van der Waals surface area contributed by atoms with Crippen molar-refractivity contribution in [1.82, 2.24) is 13.9 Å². The van der Waals surface area contributed by atoms with Crippen LogP contribution in [0.5, 0.6) is 0 Å². The van der Waals surface area contributed by atoms with Crippen molar-refractivity contribution in [3.63, 3.8) is 0 Å². The van der Waals surface area contributed by atoms with Crippen molar-refractivity contribution in [2.75, 3.05) is 18.4 Å². The summed E-state index contributed by atoms with van der Waals surface area (Å²) in [5.41, 5.74) is 2.98. The van der Waals surface area contributed by atoms with Crippen molar-refractivity contribution in [3.8, 4) is 0 Å². The van der Waals surface area contributed by atoms with E-state index in [0.29, 0.717) is 35.7 Å². The maximum atomic E-state index is 13.0. The number of halogens is 1. The first-order valence-electron chi connectivity index (χ1n) is 10.8. The average Bonchev–Trinajstić information content (AvgIpc) is 3.11. The Kier molecular flexibility index (Phi) is 6.55. The van der Waals surface area contributed by atoms with Gasteiger partial charge in [0.2, 0.25) is 15.9 Å². The van der Waals surface area contributed by atoms with Gasteiger partial charge >= 0.3 is 0 Å². The Morgan fingerprint density at radius 1 is 1.16 bits per heavy atom. The first-order valence-corrected chi connectivity index (χ1v) is 12.6. The number of nitrogens with zero attached hydrogens (tertiary/aromatic N) is 3. The number of nitrogens with one attached hydrogen (secondary N) is 1. The SMILES string of the molecule is Cc1c(Cl)cccc1NC(=O)CCc1nc2cc(S(=O)(=O)N3CCCCC3)ccc2n1C. The van der Waals surface area contributed by atoms with E-state index in [-0.39, 0.29) is 17.2 Å². The van der Waals surface area contributed by atoms with Crippen molar-refractivity contribution in [2.45, 2.75) is 43.9 Å². The third kappa shape index (κ3) is 4.53. The Bertz CT molecular complexity index is 1260. The number of piperidine rings is 1. The van der Waals surface area contributed by atoms with Gasteiger partial charge in [-0.15, -0.1) is 0 Å². The Morgan fingerprint density at radius 2 is 1.91 bits per heavy atom. The number of imidazole rings is 1. The molecule has 32 heavy (non-hydrogen) atoms. The van der Waals surface area contributed by atoms with E-state index in [4.69, 9.17) is 11.6 Å². The molecule has 0 unspecified atom stereocenters. The lowest BCUT2D eigenvalue weighted by Crippen LogP contribution is -2.35. The highest BCUT2D eigenvalue weighted by atomic mass is 35.5. The number of amides is 1. The van der Waals surface area contributed by atoms with Gasteiger partial charge in [0.05, 0.1) is 15.9 Å². The number of carbonyl (C=O) groups is 1. The lowest BCUT2D eigenvalue weighted by atomic mass is 10.2. The highest BCUT2D eigenvalue weighted by Gasteiger charge is 2.26. The summed E-state index contributed by atoms with van der Waals surface area (Å²) in [5, 5.41) is 3.50. The first kappa shape index (κ1) is 22.8. The van der Waals surface area contributed by atoms with Crippen LogP contribution in [0.2, 0.25) is 5.02 Å². The van der Waals surface area contributed by atoms with Gasteiger partial charge in [0.1, 0.15) is 5.82 Å². The summed E-state index contributed by atoms with van der Waals surface area (Å²) in [4.78, 5) is 17.4. The van der Waals surface area contributed by atoms with Crippen LogP contribution in [0.25, 0.3) is 11.0 Å². The predicted molar refractivity (Wildman–Crippen MR) is 126 cm³/mol. The molecule has 1 aliphatic heterocycles. The number of carbonyl (C=O) groups excluding carboxylic acids is 1. The molecule has 2 heterocycles. The van der Waals surface area contributed by atoms with Crippen LogP contribution < -0.4 is 5.32 Å². The van der Waals surface area contributed by atoms with Crippen LogP contribution >= 0.6 is 11.6 Å². The predicted octanol–water partition coefficient (Wildman–Crippen LogP) is 4.28. The van der Waals surface area contributed by atoms with Gasteiger partial charge in [-0.1, -0.05) is 24.1 Å². The van der Waals surface area contributed by atoms with Crippen molar-refractivity contribution in [3.05, 3.63) is 52.8 Å². The van der Waals surface area contributed by atoms with Crippen LogP contribution in [-0.2, 0) is 28.3 Å². The van der Waals surface area contributed by atoms with Crippen LogP contribution in [0.1, 0.15) is 37.1 Å². The molecule has 170 valence electrons. The number of benzene rings is 2. The van der Waals surface area contributed by atoms with Crippen LogP contribution in [0.4, 0.5) is 5.69 Å². The number of anilines is 1. The van der Waals surface area contributed by atoms with Crippen molar-refractivity contribution in [2.24, 2.45) is 7.05 Å². The van der Waals surface area contributed by atoms with E-state index in [1.165, 1.54) is 0 Å².